The molecule has 0 saturated carbocycles. The van der Waals surface area contributed by atoms with Crippen molar-refractivity contribution in [2.45, 2.75) is 237 Å². The molecule has 9 aromatic carbocycles. The third kappa shape index (κ3) is 31.3. The second-order valence-electron chi connectivity index (χ2n) is 29.4. The quantitative estimate of drug-likeness (QED) is 0.0262. The molecule has 17 heteroatoms. The highest BCUT2D eigenvalue weighted by atomic mass is 31.2. The number of hydrogen-bond donors (Lipinski definition) is 0. The molecule has 0 spiro atoms. The van der Waals surface area contributed by atoms with Crippen molar-refractivity contribution in [2.24, 2.45) is 0 Å². The van der Waals surface area contributed by atoms with Crippen molar-refractivity contribution < 1.29 is 75.0 Å². The van der Waals surface area contributed by atoms with E-state index >= 15 is 4.57 Å². The van der Waals surface area contributed by atoms with Gasteiger partial charge in [-0.1, -0.05) is 376 Å². The van der Waals surface area contributed by atoms with Crippen molar-refractivity contribution in [1.82, 2.24) is 0 Å². The van der Waals surface area contributed by atoms with Gasteiger partial charge in [0, 0.05) is 0 Å². The third-order valence-corrected chi connectivity index (χ3v) is 21.8. The lowest BCUT2D eigenvalue weighted by atomic mass is 9.97. The van der Waals surface area contributed by atoms with Gasteiger partial charge in [0.15, 0.2) is 12.6 Å². The Labute approximate surface area is 671 Å². The Morgan fingerprint density at radius 3 is 0.814 bits per heavy atom. The van der Waals surface area contributed by atoms with Crippen LogP contribution in [0, 0.1) is 0 Å². The van der Waals surface area contributed by atoms with E-state index in [4.69, 9.17) is 70.4 Å². The minimum Gasteiger partial charge on any atom is -0.374 e. The zero-order chi connectivity index (χ0) is 77.7. The van der Waals surface area contributed by atoms with Crippen LogP contribution in [0.15, 0.2) is 273 Å². The number of phosphoric acid groups is 1. The minimum absolute atomic E-state index is 0.0762. The van der Waals surface area contributed by atoms with Crippen LogP contribution in [-0.2, 0) is 134 Å². The van der Waals surface area contributed by atoms with Crippen molar-refractivity contribution in [3.05, 3.63) is 323 Å². The second-order valence-corrected chi connectivity index (χ2v) is 31.0. The number of unbranched alkanes of at least 4 members (excludes halogenated alkanes) is 15. The fraction of sp³-hybridized carbons (Fsp3) is 0.438. The van der Waals surface area contributed by atoms with Gasteiger partial charge in [-0.15, -0.1) is 0 Å². The molecule has 0 N–H and O–H groups in total. The summed E-state index contributed by atoms with van der Waals surface area (Å²) in [6, 6.07) is 89.6. The van der Waals surface area contributed by atoms with Crippen LogP contribution in [0.3, 0.4) is 0 Å². The van der Waals surface area contributed by atoms with Crippen LogP contribution in [0.2, 0.25) is 0 Å². The average molecular weight is 1560 g/mol. The number of ether oxygens (including phenoxy) is 12. The molecule has 2 saturated heterocycles. The van der Waals surface area contributed by atoms with Gasteiger partial charge in [0.2, 0.25) is 0 Å². The summed E-state index contributed by atoms with van der Waals surface area (Å²) in [5.74, 6) is 0. The molecule has 16 nitrogen and oxygen atoms in total. The van der Waals surface area contributed by atoms with Crippen LogP contribution < -0.4 is 0 Å². The Morgan fingerprint density at radius 2 is 0.522 bits per heavy atom. The van der Waals surface area contributed by atoms with Gasteiger partial charge in [0.05, 0.1) is 92.5 Å². The molecule has 0 amide bonds. The second kappa shape index (κ2) is 50.8. The van der Waals surface area contributed by atoms with E-state index in [-0.39, 0.29) is 79.3 Å². The number of hydrogen-bond acceptors (Lipinski definition) is 16. The molecule has 11 atom stereocenters. The Hall–Kier alpha value is -7.39. The van der Waals surface area contributed by atoms with E-state index < -0.39 is 75.3 Å². The van der Waals surface area contributed by atoms with Crippen molar-refractivity contribution in [1.29, 1.82) is 0 Å². The van der Waals surface area contributed by atoms with Gasteiger partial charge in [-0.2, -0.15) is 0 Å². The van der Waals surface area contributed by atoms with Crippen molar-refractivity contribution in [3.63, 3.8) is 0 Å². The van der Waals surface area contributed by atoms with Crippen LogP contribution in [-0.4, -0.2) is 101 Å². The molecule has 11 unspecified atom stereocenters. The predicted octanol–water partition coefficient (Wildman–Crippen LogP) is 21.4. The maximum atomic E-state index is 16.1. The van der Waals surface area contributed by atoms with Gasteiger partial charge in [-0.25, -0.2) is 4.57 Å². The molecule has 0 radical (unpaired) electrons. The monoisotopic (exact) mass is 1560 g/mol. The number of rotatable bonds is 55. The first-order valence-electron chi connectivity index (χ1n) is 41.2. The summed E-state index contributed by atoms with van der Waals surface area (Å²) in [6.45, 7) is 3.57. The summed E-state index contributed by atoms with van der Waals surface area (Å²) in [7, 11) is -4.56. The molecule has 2 heterocycles. The lowest BCUT2D eigenvalue weighted by Gasteiger charge is -2.46. The van der Waals surface area contributed by atoms with E-state index in [1.807, 2.05) is 273 Å². The summed E-state index contributed by atoms with van der Waals surface area (Å²) in [5, 5.41) is 0. The smallest absolute Gasteiger partial charge is 0.374 e. The minimum atomic E-state index is -4.56. The maximum Gasteiger partial charge on any atom is 0.475 e. The molecular weight excluding hydrogens is 1440 g/mol. The maximum absolute atomic E-state index is 16.1. The molecule has 0 bridgehead atoms. The highest BCUT2D eigenvalue weighted by Crippen LogP contribution is 2.52. The summed E-state index contributed by atoms with van der Waals surface area (Å²) in [5.41, 5.74) is 8.36. The fourth-order valence-electron chi connectivity index (χ4n) is 14.1. The van der Waals surface area contributed by atoms with Crippen LogP contribution in [0.4, 0.5) is 0 Å². The van der Waals surface area contributed by atoms with Crippen molar-refractivity contribution >= 4 is 7.82 Å². The molecule has 2 fully saturated rings. The van der Waals surface area contributed by atoms with Gasteiger partial charge in [-0.05, 0) is 56.5 Å². The van der Waals surface area contributed by atoms with E-state index in [1.54, 1.807) is 0 Å². The Morgan fingerprint density at radius 1 is 0.274 bits per heavy atom. The largest absolute Gasteiger partial charge is 0.475 e. The first-order chi connectivity index (χ1) is 55.9. The predicted molar refractivity (Wildman–Crippen MR) is 441 cm³/mol. The fourth-order valence-corrected chi connectivity index (χ4v) is 15.5. The Kier molecular flexibility index (Phi) is 38.9. The van der Waals surface area contributed by atoms with Crippen LogP contribution in [0.25, 0.3) is 0 Å². The van der Waals surface area contributed by atoms with Gasteiger partial charge >= 0.3 is 7.82 Å². The molecule has 2 aliphatic heterocycles. The van der Waals surface area contributed by atoms with E-state index in [2.05, 4.69) is 6.92 Å². The van der Waals surface area contributed by atoms with Crippen molar-refractivity contribution in [3.8, 4) is 0 Å². The Balaban J connectivity index is 0.922. The first kappa shape index (κ1) is 86.5. The molecule has 113 heavy (non-hydrogen) atoms. The molecule has 0 aliphatic carbocycles. The standard InChI is InChI=1S/C96H119O16P/c1-2-3-4-5-6-7-8-9-10-11-12-13-14-15-16-44-63-108-113(97,109-72-85-61-42-25-43-62-85)112-86(73-106-95-93(104-70-83-57-38-23-39-58-83)91(102-68-81-53-34-21-35-54-81)89(100-66-79-49-30-19-31-50-79)87(110-95)75-98-64-77-45-26-17-27-46-77)74-107-96-94(105-71-84-59-40-24-41-60-84)92(103-69-82-55-36-22-37-56-82)90(101-67-80-51-32-20-33-52-80)88(111-96)76-99-65-78-47-28-18-29-48-78/h17-43,45-62,86-96H,2-16,44,63-76H2,1H3. The number of phosphoric ester groups is 1. The normalized spacial score (nSPS) is 20.5. The highest BCUT2D eigenvalue weighted by molar-refractivity contribution is 7.48. The SMILES string of the molecule is CCCCCCCCCCCCCCCCCCOP(=O)(OCc1ccccc1)OC(COC1OC(COCc2ccccc2)C(OCc2ccccc2)C(OCc2ccccc2)C1OCc1ccccc1)COC1OC(COCc2ccccc2)C(OCc2ccccc2)C(OCc2ccccc2)C1OCc1ccccc1. The van der Waals surface area contributed by atoms with Crippen LogP contribution in [0.5, 0.6) is 0 Å². The van der Waals surface area contributed by atoms with Gasteiger partial charge in [0.1, 0.15) is 54.9 Å². The van der Waals surface area contributed by atoms with Crippen LogP contribution >= 0.6 is 7.82 Å². The summed E-state index contributed by atoms with van der Waals surface area (Å²) < 4.78 is 121. The van der Waals surface area contributed by atoms with E-state index in [0.29, 0.717) is 19.6 Å². The highest BCUT2D eigenvalue weighted by Gasteiger charge is 2.52. The molecule has 604 valence electrons. The number of benzene rings is 9. The lowest BCUT2D eigenvalue weighted by Crippen LogP contribution is -2.62. The summed E-state index contributed by atoms with van der Waals surface area (Å²) >= 11 is 0. The molecule has 11 rings (SSSR count). The zero-order valence-corrected chi connectivity index (χ0v) is 66.9. The van der Waals surface area contributed by atoms with Crippen LogP contribution in [0.1, 0.15) is 160 Å². The van der Waals surface area contributed by atoms with Gasteiger partial charge in [0.25, 0.3) is 0 Å². The van der Waals surface area contributed by atoms with Gasteiger partial charge in [-0.3, -0.25) is 13.6 Å². The van der Waals surface area contributed by atoms with E-state index in [0.717, 1.165) is 69.3 Å². The summed E-state index contributed by atoms with van der Waals surface area (Å²) in [4.78, 5) is 0. The zero-order valence-electron chi connectivity index (χ0n) is 66.0. The third-order valence-electron chi connectivity index (χ3n) is 20.3. The Bertz CT molecular complexity index is 3720. The van der Waals surface area contributed by atoms with E-state index in [1.165, 1.54) is 77.0 Å². The molecule has 0 aromatic heterocycles. The lowest BCUT2D eigenvalue weighted by molar-refractivity contribution is -0.338. The molecular formula is C96H119O16P. The first-order valence-corrected chi connectivity index (χ1v) is 42.7. The average Bonchev–Trinajstić information content (AvgIpc) is 0.790. The van der Waals surface area contributed by atoms with Crippen molar-refractivity contribution in [2.75, 3.05) is 33.0 Å². The molecule has 9 aromatic rings. The topological polar surface area (TPSA) is 156 Å². The van der Waals surface area contributed by atoms with Gasteiger partial charge < -0.3 is 56.8 Å². The molecule has 2 aliphatic rings. The summed E-state index contributed by atoms with van der Waals surface area (Å²) in [6.07, 6.45) is 8.92. The van der Waals surface area contributed by atoms with E-state index in [9.17, 15) is 0 Å².